The third-order valence-corrected chi connectivity index (χ3v) is 2.90. The lowest BCUT2D eigenvalue weighted by Gasteiger charge is -2.04. The minimum absolute atomic E-state index is 0.286. The molecule has 0 fully saturated rings. The molecule has 2 aromatic rings. The Morgan fingerprint density at radius 2 is 2.18 bits per heavy atom. The van der Waals surface area contributed by atoms with Gasteiger partial charge in [-0.15, -0.1) is 0 Å². The smallest absolute Gasteiger partial charge is 0.313 e. The van der Waals surface area contributed by atoms with Crippen LogP contribution in [0.25, 0.3) is 0 Å². The van der Waals surface area contributed by atoms with Crippen LogP contribution in [0.5, 0.6) is 0 Å². The molecule has 0 bridgehead atoms. The number of hydrogen-bond acceptors (Lipinski definition) is 3. The lowest BCUT2D eigenvalue weighted by Crippen LogP contribution is -2.36. The largest absolute Gasteiger partial charge is 0.328 e. The van der Waals surface area contributed by atoms with E-state index in [0.29, 0.717) is 11.0 Å². The summed E-state index contributed by atoms with van der Waals surface area (Å²) in [5.41, 5.74) is 0.292. The van der Waals surface area contributed by atoms with Gasteiger partial charge in [-0.3, -0.25) is 14.0 Å². The van der Waals surface area contributed by atoms with Crippen LogP contribution < -0.4 is 11.2 Å². The van der Waals surface area contributed by atoms with Crippen LogP contribution in [0.4, 0.5) is 0 Å². The molecule has 0 aliphatic carbocycles. The maximum atomic E-state index is 11.7. The molecule has 0 aliphatic rings. The Labute approximate surface area is 105 Å². The summed E-state index contributed by atoms with van der Waals surface area (Å²) in [6, 6.07) is 0. The summed E-state index contributed by atoms with van der Waals surface area (Å²) in [6.07, 6.45) is 4.93. The summed E-state index contributed by atoms with van der Waals surface area (Å²) in [7, 11) is 0. The number of H-pyrrole nitrogens is 1. The van der Waals surface area contributed by atoms with Crippen LogP contribution in [-0.4, -0.2) is 19.3 Å². The van der Waals surface area contributed by atoms with Gasteiger partial charge in [-0.1, -0.05) is 0 Å². The van der Waals surface area contributed by atoms with E-state index in [1.807, 2.05) is 13.1 Å². The maximum absolute atomic E-state index is 11.7. The molecule has 0 amide bonds. The molecule has 0 radical (unpaired) electrons. The number of aryl methyl sites for hydroxylation is 2. The predicted molar refractivity (Wildman–Crippen MR) is 66.0 cm³/mol. The molecule has 0 unspecified atom stereocenters. The Kier molecular flexibility index (Phi) is 3.28. The number of aromatic amines is 1. The van der Waals surface area contributed by atoms with E-state index in [4.69, 9.17) is 0 Å². The molecule has 1 N–H and O–H groups in total. The van der Waals surface area contributed by atoms with Gasteiger partial charge >= 0.3 is 5.69 Å². The molecule has 0 saturated heterocycles. The normalized spacial score (nSPS) is 10.7. The van der Waals surface area contributed by atoms with Crippen molar-refractivity contribution in [3.8, 4) is 0 Å². The molecule has 0 atom stereocenters. The van der Waals surface area contributed by atoms with Gasteiger partial charge in [-0.25, -0.2) is 4.79 Å². The second kappa shape index (κ2) is 4.70. The van der Waals surface area contributed by atoms with Crippen LogP contribution in [0.2, 0.25) is 0 Å². The van der Waals surface area contributed by atoms with Crippen LogP contribution in [0, 0.1) is 6.92 Å². The minimum Gasteiger partial charge on any atom is -0.313 e. The molecule has 0 aliphatic heterocycles. The van der Waals surface area contributed by atoms with Gasteiger partial charge in [0, 0.05) is 12.4 Å². The fourth-order valence-electron chi connectivity index (χ4n) is 1.48. The van der Waals surface area contributed by atoms with Crippen molar-refractivity contribution in [1.29, 1.82) is 0 Å². The lowest BCUT2D eigenvalue weighted by molar-refractivity contribution is 0.506. The minimum atomic E-state index is -0.415. The monoisotopic (exact) mass is 298 g/mol. The zero-order valence-corrected chi connectivity index (χ0v) is 10.8. The first-order chi connectivity index (χ1) is 8.08. The van der Waals surface area contributed by atoms with Crippen molar-refractivity contribution < 1.29 is 0 Å². The second-order valence-corrected chi connectivity index (χ2v) is 4.53. The lowest BCUT2D eigenvalue weighted by atomic mass is 10.4. The number of aromatic nitrogens is 4. The number of halogens is 1. The Bertz CT molecular complexity index is 640. The van der Waals surface area contributed by atoms with E-state index in [0.717, 1.165) is 10.1 Å². The van der Waals surface area contributed by atoms with Crippen LogP contribution in [0.15, 0.2) is 32.7 Å². The molecular formula is C10H11BrN4O2. The highest BCUT2D eigenvalue weighted by molar-refractivity contribution is 9.10. The van der Waals surface area contributed by atoms with Crippen molar-refractivity contribution >= 4 is 15.9 Å². The fraction of sp³-hybridized carbons (Fsp3) is 0.300. The molecule has 2 rings (SSSR count). The molecule has 90 valence electrons. The molecule has 2 heterocycles. The van der Waals surface area contributed by atoms with Crippen LogP contribution in [-0.2, 0) is 13.1 Å². The summed E-state index contributed by atoms with van der Waals surface area (Å²) >= 11 is 3.08. The quantitative estimate of drug-likeness (QED) is 0.897. The van der Waals surface area contributed by atoms with Crippen LogP contribution in [0.1, 0.15) is 5.56 Å². The third kappa shape index (κ3) is 2.55. The van der Waals surface area contributed by atoms with Crippen molar-refractivity contribution in [2.24, 2.45) is 0 Å². The van der Waals surface area contributed by atoms with Crippen molar-refractivity contribution in [3.63, 3.8) is 0 Å². The Balaban J connectivity index is 2.22. The summed E-state index contributed by atoms with van der Waals surface area (Å²) in [6.45, 7) is 2.70. The highest BCUT2D eigenvalue weighted by Gasteiger charge is 2.05. The van der Waals surface area contributed by atoms with Crippen LogP contribution >= 0.6 is 15.9 Å². The van der Waals surface area contributed by atoms with Gasteiger partial charge in [0.15, 0.2) is 0 Å². The molecule has 6 nitrogen and oxygen atoms in total. The first-order valence-corrected chi connectivity index (χ1v) is 5.84. The standard InChI is InChI=1S/C10H11BrN4O2/c1-7-4-13-14(6-7)2-3-15-9(16)8(11)5-12-10(15)17/h4-6H,2-3H2,1H3,(H,12,17). The summed E-state index contributed by atoms with van der Waals surface area (Å²) in [5, 5.41) is 4.09. The van der Waals surface area contributed by atoms with Gasteiger partial charge in [-0.05, 0) is 28.4 Å². The SMILES string of the molecule is Cc1cnn(CCn2c(=O)[nH]cc(Br)c2=O)c1. The molecule has 2 aromatic heterocycles. The van der Waals surface area contributed by atoms with Gasteiger partial charge < -0.3 is 4.98 Å². The Morgan fingerprint density at radius 1 is 1.41 bits per heavy atom. The van der Waals surface area contributed by atoms with Gasteiger partial charge in [0.05, 0.1) is 23.8 Å². The van der Waals surface area contributed by atoms with Gasteiger partial charge in [0.25, 0.3) is 5.56 Å². The van der Waals surface area contributed by atoms with Gasteiger partial charge in [0.2, 0.25) is 0 Å². The highest BCUT2D eigenvalue weighted by atomic mass is 79.9. The number of hydrogen-bond donors (Lipinski definition) is 1. The molecule has 0 aromatic carbocycles. The predicted octanol–water partition coefficient (Wildman–Crippen LogP) is 0.504. The highest BCUT2D eigenvalue weighted by Crippen LogP contribution is 1.97. The first kappa shape index (κ1) is 11.8. The third-order valence-electron chi connectivity index (χ3n) is 2.33. The van der Waals surface area contributed by atoms with Crippen molar-refractivity contribution in [2.45, 2.75) is 20.0 Å². The zero-order chi connectivity index (χ0) is 12.4. The number of nitrogens with one attached hydrogen (secondary N) is 1. The van der Waals surface area contributed by atoms with E-state index in [9.17, 15) is 9.59 Å². The van der Waals surface area contributed by atoms with E-state index in [1.54, 1.807) is 10.9 Å². The van der Waals surface area contributed by atoms with E-state index >= 15 is 0 Å². The molecule has 0 spiro atoms. The number of nitrogens with zero attached hydrogens (tertiary/aromatic N) is 3. The van der Waals surface area contributed by atoms with Gasteiger partial charge in [-0.2, -0.15) is 5.10 Å². The maximum Gasteiger partial charge on any atom is 0.328 e. The molecule has 7 heteroatoms. The number of rotatable bonds is 3. The van der Waals surface area contributed by atoms with Crippen molar-refractivity contribution in [2.75, 3.05) is 0 Å². The van der Waals surface area contributed by atoms with Gasteiger partial charge in [0.1, 0.15) is 0 Å². The average molecular weight is 299 g/mol. The Hall–Kier alpha value is -1.63. The van der Waals surface area contributed by atoms with E-state index in [-0.39, 0.29) is 12.1 Å². The van der Waals surface area contributed by atoms with E-state index in [2.05, 4.69) is 26.0 Å². The molecule has 0 saturated carbocycles. The van der Waals surface area contributed by atoms with Crippen molar-refractivity contribution in [1.82, 2.24) is 19.3 Å². The van der Waals surface area contributed by atoms with E-state index < -0.39 is 5.69 Å². The fourth-order valence-corrected chi connectivity index (χ4v) is 1.81. The van der Waals surface area contributed by atoms with Crippen molar-refractivity contribution in [3.05, 3.63) is 49.5 Å². The summed E-state index contributed by atoms with van der Waals surface area (Å²) in [4.78, 5) is 25.6. The summed E-state index contributed by atoms with van der Waals surface area (Å²) in [5.74, 6) is 0. The Morgan fingerprint density at radius 3 is 2.82 bits per heavy atom. The zero-order valence-electron chi connectivity index (χ0n) is 9.18. The average Bonchev–Trinajstić information content (AvgIpc) is 2.70. The molecular weight excluding hydrogens is 288 g/mol. The first-order valence-electron chi connectivity index (χ1n) is 5.05. The second-order valence-electron chi connectivity index (χ2n) is 3.68. The topological polar surface area (TPSA) is 72.7 Å². The molecule has 17 heavy (non-hydrogen) atoms. The summed E-state index contributed by atoms with van der Waals surface area (Å²) < 4.78 is 3.18. The van der Waals surface area contributed by atoms with Crippen LogP contribution in [0.3, 0.4) is 0 Å². The van der Waals surface area contributed by atoms with E-state index in [1.165, 1.54) is 6.20 Å².